The van der Waals surface area contributed by atoms with Crippen LogP contribution in [0.5, 0.6) is 5.75 Å². The highest BCUT2D eigenvalue weighted by molar-refractivity contribution is 9.10. The number of amides is 1. The molecule has 0 atom stereocenters. The van der Waals surface area contributed by atoms with Crippen molar-refractivity contribution in [2.45, 2.75) is 19.0 Å². The van der Waals surface area contributed by atoms with Crippen LogP contribution in [-0.4, -0.2) is 31.5 Å². The van der Waals surface area contributed by atoms with E-state index in [0.717, 1.165) is 21.3 Å². The number of hydrogen-bond acceptors (Lipinski definition) is 5. The minimum Gasteiger partial charge on any atom is -0.507 e. The lowest BCUT2D eigenvalue weighted by Gasteiger charge is -2.14. The Morgan fingerprint density at radius 3 is 2.67 bits per heavy atom. The summed E-state index contributed by atoms with van der Waals surface area (Å²) >= 11 is 4.61. The molecule has 1 amide bonds. The van der Waals surface area contributed by atoms with Crippen LogP contribution < -0.4 is 5.32 Å². The number of hydrogen-bond donors (Lipinski definition) is 2. The zero-order valence-corrected chi connectivity index (χ0v) is 20.2. The van der Waals surface area contributed by atoms with Crippen LogP contribution in [0.3, 0.4) is 0 Å². The summed E-state index contributed by atoms with van der Waals surface area (Å²) in [7, 11) is 0. The normalized spacial score (nSPS) is 10.9. The topological polar surface area (TPSA) is 80.0 Å². The van der Waals surface area contributed by atoms with E-state index in [-0.39, 0.29) is 23.1 Å². The summed E-state index contributed by atoms with van der Waals surface area (Å²) in [5, 5.41) is 22.1. The fraction of sp³-hybridized carbons (Fsp3) is 0.125. The number of carbonyl (C=O) groups excluding carboxylic acids is 1. The van der Waals surface area contributed by atoms with Crippen LogP contribution >= 0.6 is 27.7 Å². The number of halogens is 2. The minimum atomic E-state index is -0.498. The molecule has 3 aromatic carbocycles. The number of aromatic hydroxyl groups is 1. The summed E-state index contributed by atoms with van der Waals surface area (Å²) in [5.41, 5.74) is 3.55. The van der Waals surface area contributed by atoms with E-state index in [4.69, 9.17) is 0 Å². The number of nitrogens with one attached hydrogen (secondary N) is 1. The Balaban J connectivity index is 1.69. The molecule has 1 aromatic heterocycles. The summed E-state index contributed by atoms with van der Waals surface area (Å²) in [4.78, 5) is 12.5. The molecular formula is C24H20BrFN4O2S. The average Bonchev–Trinajstić information content (AvgIpc) is 3.19. The predicted octanol–water partition coefficient (Wildman–Crippen LogP) is 5.89. The monoisotopic (exact) mass is 526 g/mol. The highest BCUT2D eigenvalue weighted by Crippen LogP contribution is 2.35. The standard InChI is InChI=1S/C24H20BrFN4O2S/c1-14-7-9-20(15(2)11-14)30-23(17-12-16(25)8-10-21(17)31)28-29-24(30)33-13-22(32)27-19-6-4-3-5-18(19)26/h3-12,31H,13H2,1-2H3,(H,27,32). The van der Waals surface area contributed by atoms with Crippen molar-refractivity contribution in [3.8, 4) is 22.8 Å². The minimum absolute atomic E-state index is 0.00183. The first-order valence-electron chi connectivity index (χ1n) is 10.0. The van der Waals surface area contributed by atoms with Gasteiger partial charge in [0, 0.05) is 4.47 Å². The van der Waals surface area contributed by atoms with Crippen LogP contribution in [0.4, 0.5) is 10.1 Å². The number of aromatic nitrogens is 3. The number of aryl methyl sites for hydroxylation is 2. The van der Waals surface area contributed by atoms with Gasteiger partial charge in [0.25, 0.3) is 0 Å². The van der Waals surface area contributed by atoms with Gasteiger partial charge in [-0.2, -0.15) is 0 Å². The lowest BCUT2D eigenvalue weighted by Crippen LogP contribution is -2.15. The lowest BCUT2D eigenvalue weighted by atomic mass is 10.1. The third-order valence-corrected chi connectivity index (χ3v) is 6.33. The predicted molar refractivity (Wildman–Crippen MR) is 131 cm³/mol. The van der Waals surface area contributed by atoms with E-state index in [1.165, 1.54) is 23.9 Å². The van der Waals surface area contributed by atoms with Gasteiger partial charge in [0.1, 0.15) is 11.6 Å². The highest BCUT2D eigenvalue weighted by atomic mass is 79.9. The van der Waals surface area contributed by atoms with Crippen molar-refractivity contribution in [2.24, 2.45) is 0 Å². The molecule has 1 heterocycles. The molecule has 4 aromatic rings. The van der Waals surface area contributed by atoms with Gasteiger partial charge in [-0.3, -0.25) is 9.36 Å². The van der Waals surface area contributed by atoms with Gasteiger partial charge in [-0.25, -0.2) is 4.39 Å². The van der Waals surface area contributed by atoms with E-state index in [9.17, 15) is 14.3 Å². The number of para-hydroxylation sites is 1. The molecule has 0 radical (unpaired) electrons. The van der Waals surface area contributed by atoms with E-state index in [0.29, 0.717) is 16.5 Å². The van der Waals surface area contributed by atoms with Gasteiger partial charge in [0.05, 0.1) is 22.7 Å². The summed E-state index contributed by atoms with van der Waals surface area (Å²) in [6.07, 6.45) is 0. The van der Waals surface area contributed by atoms with Gasteiger partial charge in [0.2, 0.25) is 5.91 Å². The van der Waals surface area contributed by atoms with E-state index >= 15 is 0 Å². The van der Waals surface area contributed by atoms with Crippen molar-refractivity contribution in [2.75, 3.05) is 11.1 Å². The Bertz CT molecular complexity index is 1340. The molecule has 0 aliphatic rings. The molecule has 0 aliphatic heterocycles. The van der Waals surface area contributed by atoms with Crippen molar-refractivity contribution in [1.29, 1.82) is 0 Å². The number of anilines is 1. The third kappa shape index (κ3) is 5.09. The second kappa shape index (κ2) is 9.76. The first kappa shape index (κ1) is 23.0. The SMILES string of the molecule is Cc1ccc(-n2c(SCC(=O)Nc3ccccc3F)nnc2-c2cc(Br)ccc2O)c(C)c1. The number of thioether (sulfide) groups is 1. The van der Waals surface area contributed by atoms with E-state index < -0.39 is 5.82 Å². The van der Waals surface area contributed by atoms with Crippen LogP contribution in [0, 0.1) is 19.7 Å². The number of rotatable bonds is 6. The van der Waals surface area contributed by atoms with Crippen molar-refractivity contribution in [1.82, 2.24) is 14.8 Å². The van der Waals surface area contributed by atoms with Crippen molar-refractivity contribution in [3.63, 3.8) is 0 Å². The molecule has 0 unspecified atom stereocenters. The second-order valence-corrected chi connectivity index (χ2v) is 9.27. The molecular weight excluding hydrogens is 507 g/mol. The van der Waals surface area contributed by atoms with E-state index in [2.05, 4.69) is 31.4 Å². The Labute approximate surface area is 203 Å². The quantitative estimate of drug-likeness (QED) is 0.306. The molecule has 2 N–H and O–H groups in total. The molecule has 4 rings (SSSR count). The van der Waals surface area contributed by atoms with Crippen LogP contribution in [0.1, 0.15) is 11.1 Å². The van der Waals surface area contributed by atoms with Gasteiger partial charge < -0.3 is 10.4 Å². The van der Waals surface area contributed by atoms with Crippen molar-refractivity contribution in [3.05, 3.63) is 82.1 Å². The van der Waals surface area contributed by atoms with Gasteiger partial charge in [-0.05, 0) is 55.8 Å². The third-order valence-electron chi connectivity index (χ3n) is 4.91. The van der Waals surface area contributed by atoms with Gasteiger partial charge in [-0.1, -0.05) is 57.5 Å². The maximum absolute atomic E-state index is 13.9. The molecule has 0 fully saturated rings. The Morgan fingerprint density at radius 1 is 1.12 bits per heavy atom. The first-order chi connectivity index (χ1) is 15.8. The maximum Gasteiger partial charge on any atom is 0.234 e. The van der Waals surface area contributed by atoms with Crippen LogP contribution in [0.2, 0.25) is 0 Å². The molecule has 6 nitrogen and oxygen atoms in total. The van der Waals surface area contributed by atoms with Gasteiger partial charge in [-0.15, -0.1) is 10.2 Å². The average molecular weight is 527 g/mol. The number of benzene rings is 3. The summed E-state index contributed by atoms with van der Waals surface area (Å²) in [6.45, 7) is 3.99. The fourth-order valence-electron chi connectivity index (χ4n) is 3.38. The van der Waals surface area contributed by atoms with E-state index in [1.807, 2.05) is 36.6 Å². The molecule has 0 aliphatic carbocycles. The van der Waals surface area contributed by atoms with Crippen molar-refractivity contribution >= 4 is 39.3 Å². The Kier molecular flexibility index (Phi) is 6.80. The van der Waals surface area contributed by atoms with Gasteiger partial charge >= 0.3 is 0 Å². The van der Waals surface area contributed by atoms with Crippen LogP contribution in [0.15, 0.2) is 70.3 Å². The summed E-state index contributed by atoms with van der Waals surface area (Å²) in [5.74, 6) is -0.362. The lowest BCUT2D eigenvalue weighted by molar-refractivity contribution is -0.113. The number of phenols is 1. The fourth-order valence-corrected chi connectivity index (χ4v) is 4.48. The van der Waals surface area contributed by atoms with Crippen LogP contribution in [0.25, 0.3) is 17.1 Å². The molecule has 0 saturated carbocycles. The maximum atomic E-state index is 13.9. The highest BCUT2D eigenvalue weighted by Gasteiger charge is 2.21. The largest absolute Gasteiger partial charge is 0.507 e. The first-order valence-corrected chi connectivity index (χ1v) is 11.8. The molecule has 0 saturated heterocycles. The Morgan fingerprint density at radius 2 is 1.91 bits per heavy atom. The number of phenolic OH excluding ortho intramolecular Hbond substituents is 1. The Hall–Kier alpha value is -3.17. The molecule has 168 valence electrons. The number of nitrogens with zero attached hydrogens (tertiary/aromatic N) is 3. The van der Waals surface area contributed by atoms with Crippen molar-refractivity contribution < 1.29 is 14.3 Å². The van der Waals surface area contributed by atoms with Gasteiger partial charge in [0.15, 0.2) is 11.0 Å². The van der Waals surface area contributed by atoms with E-state index in [1.54, 1.807) is 30.3 Å². The molecule has 9 heteroatoms. The molecule has 33 heavy (non-hydrogen) atoms. The zero-order valence-electron chi connectivity index (χ0n) is 17.8. The number of carbonyl (C=O) groups is 1. The molecule has 0 bridgehead atoms. The zero-order chi connectivity index (χ0) is 23.5. The smallest absolute Gasteiger partial charge is 0.234 e. The second-order valence-electron chi connectivity index (χ2n) is 7.41. The van der Waals surface area contributed by atoms with Crippen LogP contribution in [-0.2, 0) is 4.79 Å². The summed E-state index contributed by atoms with van der Waals surface area (Å²) in [6, 6.07) is 17.1. The summed E-state index contributed by atoms with van der Waals surface area (Å²) < 4.78 is 16.5. The molecule has 0 spiro atoms.